The first-order chi connectivity index (χ1) is 10.0. The van der Waals surface area contributed by atoms with Crippen molar-refractivity contribution in [3.05, 3.63) is 29.6 Å². The Morgan fingerprint density at radius 1 is 1.33 bits per heavy atom. The van der Waals surface area contributed by atoms with E-state index in [9.17, 15) is 9.18 Å². The molecular weight excluding hydrogens is 267 g/mol. The van der Waals surface area contributed by atoms with Crippen molar-refractivity contribution >= 4 is 11.6 Å². The second kappa shape index (κ2) is 6.46. The summed E-state index contributed by atoms with van der Waals surface area (Å²) in [6, 6.07) is 4.69. The Bertz CT molecular complexity index is 508. The Morgan fingerprint density at radius 2 is 2.00 bits per heavy atom. The topological polar surface area (TPSA) is 32.3 Å². The third-order valence-corrected chi connectivity index (χ3v) is 4.71. The zero-order chi connectivity index (χ0) is 15.5. The fourth-order valence-electron chi connectivity index (χ4n) is 2.83. The number of likely N-dealkylation sites (tertiary alicyclic amines) is 1. The Balaban J connectivity index is 2.16. The fourth-order valence-corrected chi connectivity index (χ4v) is 2.83. The molecule has 1 heterocycles. The van der Waals surface area contributed by atoms with Crippen molar-refractivity contribution in [1.29, 1.82) is 0 Å². The van der Waals surface area contributed by atoms with Gasteiger partial charge in [-0.05, 0) is 37.3 Å². The van der Waals surface area contributed by atoms with Crippen LogP contribution in [-0.4, -0.2) is 30.4 Å². The summed E-state index contributed by atoms with van der Waals surface area (Å²) in [5, 5.41) is 2.97. The number of hydrogen-bond donors (Lipinski definition) is 1. The largest absolute Gasteiger partial charge is 0.382 e. The van der Waals surface area contributed by atoms with Gasteiger partial charge in [-0.15, -0.1) is 0 Å². The Kier molecular flexibility index (Phi) is 4.86. The summed E-state index contributed by atoms with van der Waals surface area (Å²) >= 11 is 0. The zero-order valence-corrected chi connectivity index (χ0v) is 13.2. The van der Waals surface area contributed by atoms with Crippen LogP contribution in [0, 0.1) is 11.2 Å². The summed E-state index contributed by atoms with van der Waals surface area (Å²) in [5.74, 6) is -0.429. The molecule has 0 spiro atoms. The van der Waals surface area contributed by atoms with Gasteiger partial charge in [0.25, 0.3) is 5.91 Å². The van der Waals surface area contributed by atoms with E-state index in [1.54, 1.807) is 12.1 Å². The first kappa shape index (κ1) is 15.8. The van der Waals surface area contributed by atoms with Gasteiger partial charge in [-0.3, -0.25) is 4.79 Å². The van der Waals surface area contributed by atoms with E-state index in [1.165, 1.54) is 6.07 Å². The molecule has 116 valence electrons. The molecule has 0 radical (unpaired) electrons. The van der Waals surface area contributed by atoms with Crippen LogP contribution in [-0.2, 0) is 0 Å². The number of nitrogens with one attached hydrogen (secondary N) is 1. The van der Waals surface area contributed by atoms with Crippen molar-refractivity contribution in [1.82, 2.24) is 4.90 Å². The third-order valence-electron chi connectivity index (χ3n) is 4.71. The van der Waals surface area contributed by atoms with Crippen LogP contribution in [0.25, 0.3) is 0 Å². The van der Waals surface area contributed by atoms with Crippen molar-refractivity contribution in [2.75, 3.05) is 25.0 Å². The molecule has 1 aromatic carbocycles. The highest BCUT2D eigenvalue weighted by Gasteiger charge is 2.31. The molecule has 1 aliphatic heterocycles. The van der Waals surface area contributed by atoms with Gasteiger partial charge in [-0.2, -0.15) is 0 Å². The number of halogens is 1. The Hall–Kier alpha value is -1.58. The van der Waals surface area contributed by atoms with E-state index < -0.39 is 0 Å². The van der Waals surface area contributed by atoms with Crippen molar-refractivity contribution in [2.24, 2.45) is 5.41 Å². The van der Waals surface area contributed by atoms with Crippen molar-refractivity contribution in [3.63, 3.8) is 0 Å². The van der Waals surface area contributed by atoms with E-state index >= 15 is 0 Å². The van der Waals surface area contributed by atoms with Gasteiger partial charge in [0.1, 0.15) is 5.82 Å². The van der Waals surface area contributed by atoms with Gasteiger partial charge in [-0.25, -0.2) is 4.39 Å². The molecule has 0 aromatic heterocycles. The van der Waals surface area contributed by atoms with Crippen LogP contribution >= 0.6 is 0 Å². The Morgan fingerprint density at radius 3 is 2.57 bits per heavy atom. The highest BCUT2D eigenvalue weighted by atomic mass is 19.1. The number of benzene rings is 1. The number of carbonyl (C=O) groups is 1. The molecule has 0 saturated carbocycles. The molecule has 1 aromatic rings. The molecule has 1 fully saturated rings. The maximum absolute atomic E-state index is 13.9. The lowest BCUT2D eigenvalue weighted by Crippen LogP contribution is -2.42. The maximum atomic E-state index is 13.9. The summed E-state index contributed by atoms with van der Waals surface area (Å²) in [7, 11) is 0. The van der Waals surface area contributed by atoms with E-state index in [0.717, 1.165) is 32.4 Å². The summed E-state index contributed by atoms with van der Waals surface area (Å²) in [5.41, 5.74) is 1.11. The first-order valence-corrected chi connectivity index (χ1v) is 7.82. The molecule has 21 heavy (non-hydrogen) atoms. The SMILES string of the molecule is CCNc1c(F)cccc1C(=O)N1CCC(C)(CC)CC1. The number of carbonyl (C=O) groups excluding carboxylic acids is 1. The maximum Gasteiger partial charge on any atom is 0.256 e. The molecule has 0 bridgehead atoms. The monoisotopic (exact) mass is 292 g/mol. The third kappa shape index (κ3) is 3.36. The number of hydrogen-bond acceptors (Lipinski definition) is 2. The molecular formula is C17H25FN2O. The average Bonchev–Trinajstić information content (AvgIpc) is 2.49. The van der Waals surface area contributed by atoms with Gasteiger partial charge in [-0.1, -0.05) is 26.3 Å². The number of nitrogens with zero attached hydrogens (tertiary/aromatic N) is 1. The van der Waals surface area contributed by atoms with E-state index in [1.807, 2.05) is 11.8 Å². The lowest BCUT2D eigenvalue weighted by Gasteiger charge is -2.39. The molecule has 2 rings (SSSR count). The van der Waals surface area contributed by atoms with Crippen LogP contribution in [0.4, 0.5) is 10.1 Å². The number of anilines is 1. The van der Waals surface area contributed by atoms with Crippen molar-refractivity contribution < 1.29 is 9.18 Å². The van der Waals surface area contributed by atoms with E-state index in [4.69, 9.17) is 0 Å². The lowest BCUT2D eigenvalue weighted by atomic mass is 9.78. The Labute approximate surface area is 126 Å². The summed E-state index contributed by atoms with van der Waals surface area (Å²) in [6.45, 7) is 8.48. The van der Waals surface area contributed by atoms with E-state index in [0.29, 0.717) is 23.2 Å². The normalized spacial score (nSPS) is 17.6. The number of amides is 1. The standard InChI is InChI=1S/C17H25FN2O/c1-4-17(3)9-11-20(12-10-17)16(21)13-7-6-8-14(18)15(13)19-5-2/h6-8,19H,4-5,9-12H2,1-3H3. The summed E-state index contributed by atoms with van der Waals surface area (Å²) in [6.07, 6.45) is 3.17. The smallest absolute Gasteiger partial charge is 0.256 e. The molecule has 0 aliphatic carbocycles. The minimum atomic E-state index is -0.363. The molecule has 1 N–H and O–H groups in total. The van der Waals surface area contributed by atoms with E-state index in [-0.39, 0.29) is 11.7 Å². The fraction of sp³-hybridized carbons (Fsp3) is 0.588. The quantitative estimate of drug-likeness (QED) is 0.912. The molecule has 0 unspecified atom stereocenters. The van der Waals surface area contributed by atoms with Crippen molar-refractivity contribution in [2.45, 2.75) is 40.0 Å². The molecule has 3 nitrogen and oxygen atoms in total. The highest BCUT2D eigenvalue weighted by Crippen LogP contribution is 2.34. The molecule has 1 amide bonds. The number of piperidine rings is 1. The molecule has 1 aliphatic rings. The number of para-hydroxylation sites is 1. The summed E-state index contributed by atoms with van der Waals surface area (Å²) in [4.78, 5) is 14.5. The minimum Gasteiger partial charge on any atom is -0.382 e. The van der Waals surface area contributed by atoms with Crippen LogP contribution < -0.4 is 5.32 Å². The van der Waals surface area contributed by atoms with Gasteiger partial charge in [0, 0.05) is 19.6 Å². The first-order valence-electron chi connectivity index (χ1n) is 7.82. The van der Waals surface area contributed by atoms with Gasteiger partial charge < -0.3 is 10.2 Å². The van der Waals surface area contributed by atoms with Gasteiger partial charge in [0.05, 0.1) is 11.3 Å². The molecule has 0 atom stereocenters. The minimum absolute atomic E-state index is 0.0661. The second-order valence-electron chi connectivity index (χ2n) is 6.15. The highest BCUT2D eigenvalue weighted by molar-refractivity contribution is 5.99. The van der Waals surface area contributed by atoms with E-state index in [2.05, 4.69) is 19.2 Å². The molecule has 4 heteroatoms. The van der Waals surface area contributed by atoms with Gasteiger partial charge in [0.2, 0.25) is 0 Å². The van der Waals surface area contributed by atoms with Crippen LogP contribution in [0.15, 0.2) is 18.2 Å². The predicted molar refractivity (Wildman–Crippen MR) is 84.1 cm³/mol. The van der Waals surface area contributed by atoms with Crippen LogP contribution in [0.5, 0.6) is 0 Å². The zero-order valence-electron chi connectivity index (χ0n) is 13.2. The predicted octanol–water partition coefficient (Wildman–Crippen LogP) is 3.91. The molecule has 1 saturated heterocycles. The summed E-state index contributed by atoms with van der Waals surface area (Å²) < 4.78 is 13.9. The van der Waals surface area contributed by atoms with Gasteiger partial charge >= 0.3 is 0 Å². The second-order valence-corrected chi connectivity index (χ2v) is 6.15. The van der Waals surface area contributed by atoms with Gasteiger partial charge in [0.15, 0.2) is 0 Å². The van der Waals surface area contributed by atoms with Crippen molar-refractivity contribution in [3.8, 4) is 0 Å². The van der Waals surface area contributed by atoms with Crippen LogP contribution in [0.2, 0.25) is 0 Å². The number of rotatable bonds is 4. The lowest BCUT2D eigenvalue weighted by molar-refractivity contribution is 0.0601. The average molecular weight is 292 g/mol. The van der Waals surface area contributed by atoms with Crippen LogP contribution in [0.3, 0.4) is 0 Å². The van der Waals surface area contributed by atoms with Crippen LogP contribution in [0.1, 0.15) is 50.4 Å².